The van der Waals surface area contributed by atoms with Crippen LogP contribution >= 0.6 is 34.8 Å². The Kier molecular flexibility index (Phi) is 22.9. The number of carbonyl (C=O) groups excluding carboxylic acids is 6. The van der Waals surface area contributed by atoms with E-state index in [1.807, 2.05) is 54.6 Å². The molecule has 0 atom stereocenters. The van der Waals surface area contributed by atoms with Gasteiger partial charge in [-0.15, -0.1) is 0 Å². The van der Waals surface area contributed by atoms with Crippen molar-refractivity contribution < 1.29 is 38.2 Å². The number of hydrogen-bond donors (Lipinski definition) is 7. The van der Waals surface area contributed by atoms with Crippen LogP contribution in [-0.4, -0.2) is 79.6 Å². The minimum absolute atomic E-state index is 0.310. The first-order valence-electron chi connectivity index (χ1n) is 29.6. The molecule has 6 aromatic carbocycles. The lowest BCUT2D eigenvalue weighted by molar-refractivity contribution is 0.101. The Hall–Kier alpha value is -12.7. The zero-order valence-electron chi connectivity index (χ0n) is 51.9. The lowest BCUT2D eigenvalue weighted by atomic mass is 10.1. The van der Waals surface area contributed by atoms with Crippen molar-refractivity contribution in [1.29, 1.82) is 0 Å². The van der Waals surface area contributed by atoms with Gasteiger partial charge in [0.05, 0.1) is 82.0 Å². The van der Waals surface area contributed by atoms with Crippen molar-refractivity contribution in [3.8, 4) is 45.5 Å². The molecule has 0 unspecified atom stereocenters. The smallest absolute Gasteiger partial charge is 0.255 e. The first kappa shape index (κ1) is 68.2. The number of aromatic nitrogens is 6. The number of ether oxygens (including phenoxy) is 2. The zero-order chi connectivity index (χ0) is 68.9. The molecule has 0 aliphatic carbocycles. The van der Waals surface area contributed by atoms with Crippen LogP contribution in [0.3, 0.4) is 0 Å². The molecule has 0 spiro atoms. The molecule has 12 rings (SSSR count). The summed E-state index contributed by atoms with van der Waals surface area (Å²) < 4.78 is 10.0. The molecule has 12 aromatic rings. The van der Waals surface area contributed by atoms with E-state index in [-0.39, 0.29) is 35.4 Å². The van der Waals surface area contributed by atoms with Gasteiger partial charge in [0.25, 0.3) is 35.4 Å². The topological polar surface area (TPSA) is 296 Å². The van der Waals surface area contributed by atoms with E-state index in [9.17, 15) is 28.8 Å². The minimum atomic E-state index is -0.318. The highest BCUT2D eigenvalue weighted by Gasteiger charge is 2.17. The summed E-state index contributed by atoms with van der Waals surface area (Å²) in [6, 6.07) is 61.2. The van der Waals surface area contributed by atoms with E-state index in [0.717, 1.165) is 11.1 Å². The van der Waals surface area contributed by atoms with Crippen molar-refractivity contribution in [2.45, 2.75) is 0 Å². The molecular formula is C74H56Cl3N13O8. The maximum Gasteiger partial charge on any atom is 0.255 e. The second kappa shape index (κ2) is 32.9. The molecule has 8 N–H and O–H groups in total. The predicted molar refractivity (Wildman–Crippen MR) is 381 cm³/mol. The summed E-state index contributed by atoms with van der Waals surface area (Å²) in [5.41, 5.74) is 15.6. The van der Waals surface area contributed by atoms with Crippen molar-refractivity contribution in [2.24, 2.45) is 0 Å². The van der Waals surface area contributed by atoms with Crippen LogP contribution in [0.1, 0.15) is 62.1 Å². The zero-order valence-corrected chi connectivity index (χ0v) is 54.2. The molecule has 21 nitrogen and oxygen atoms in total. The third-order valence-corrected chi connectivity index (χ3v) is 15.2. The number of nitrogens with two attached hydrogens (primary N) is 1. The molecule has 0 saturated carbocycles. The van der Waals surface area contributed by atoms with E-state index < -0.39 is 0 Å². The molecule has 0 aliphatic heterocycles. The molecule has 6 aromatic heterocycles. The van der Waals surface area contributed by atoms with Crippen molar-refractivity contribution >= 4 is 110 Å². The average Bonchev–Trinajstić information content (AvgIpc) is 0.917. The van der Waals surface area contributed by atoms with Crippen LogP contribution in [-0.2, 0) is 0 Å². The van der Waals surface area contributed by atoms with Gasteiger partial charge in [-0.3, -0.25) is 43.7 Å². The third kappa shape index (κ3) is 18.6. The van der Waals surface area contributed by atoms with E-state index >= 15 is 0 Å². The van der Waals surface area contributed by atoms with E-state index in [2.05, 4.69) is 61.8 Å². The molecular weight excluding hydrogens is 1310 g/mol. The predicted octanol–water partition coefficient (Wildman–Crippen LogP) is 15.5. The second-order valence-corrected chi connectivity index (χ2v) is 22.1. The molecule has 0 radical (unpaired) electrons. The quantitative estimate of drug-likeness (QED) is 0.0446. The largest absolute Gasteiger partial charge is 0.481 e. The fourth-order valence-electron chi connectivity index (χ4n) is 9.13. The van der Waals surface area contributed by atoms with Gasteiger partial charge < -0.3 is 47.1 Å². The molecule has 0 saturated heterocycles. The maximum absolute atomic E-state index is 12.7. The Morgan fingerprint density at radius 3 is 0.786 bits per heavy atom. The normalized spacial score (nSPS) is 10.4. The minimum Gasteiger partial charge on any atom is -0.481 e. The number of amides is 6. The Bertz CT molecular complexity index is 4580. The molecule has 6 amide bonds. The van der Waals surface area contributed by atoms with E-state index in [1.165, 1.54) is 32.8 Å². The van der Waals surface area contributed by atoms with Gasteiger partial charge in [0.2, 0.25) is 11.8 Å². The number of carbonyl (C=O) groups is 6. The monoisotopic (exact) mass is 1360 g/mol. The first-order chi connectivity index (χ1) is 47.5. The number of nitrogens with one attached hydrogen (secondary N) is 6. The van der Waals surface area contributed by atoms with Gasteiger partial charge in [-0.25, -0.2) is 15.0 Å². The van der Waals surface area contributed by atoms with Crippen LogP contribution in [0.4, 0.5) is 39.9 Å². The van der Waals surface area contributed by atoms with Gasteiger partial charge >= 0.3 is 0 Å². The molecule has 6 heterocycles. The number of halogens is 3. The van der Waals surface area contributed by atoms with Crippen LogP contribution in [0.15, 0.2) is 256 Å². The molecule has 0 bridgehead atoms. The van der Waals surface area contributed by atoms with Crippen LogP contribution in [0, 0.1) is 0 Å². The molecule has 24 heteroatoms. The number of hydrogen-bond acceptors (Lipinski definition) is 15. The summed E-state index contributed by atoms with van der Waals surface area (Å²) in [6.07, 6.45) is 9.52. The highest BCUT2D eigenvalue weighted by Crippen LogP contribution is 2.33. The summed E-state index contributed by atoms with van der Waals surface area (Å²) in [6.45, 7) is 0. The summed E-state index contributed by atoms with van der Waals surface area (Å²) >= 11 is 18.9. The number of rotatable bonds is 17. The summed E-state index contributed by atoms with van der Waals surface area (Å²) in [7, 11) is 3.04. The molecule has 0 aliphatic rings. The van der Waals surface area contributed by atoms with Crippen molar-refractivity contribution in [2.75, 3.05) is 51.9 Å². The number of pyridine rings is 6. The van der Waals surface area contributed by atoms with Crippen molar-refractivity contribution in [3.63, 3.8) is 0 Å². The van der Waals surface area contributed by atoms with Crippen LogP contribution in [0.5, 0.6) is 11.8 Å². The van der Waals surface area contributed by atoms with Gasteiger partial charge in [-0.2, -0.15) is 0 Å². The fourth-order valence-corrected chi connectivity index (χ4v) is 9.78. The Balaban J connectivity index is 0.000000159. The number of benzene rings is 6. The van der Waals surface area contributed by atoms with Crippen LogP contribution < -0.4 is 47.1 Å². The summed E-state index contributed by atoms with van der Waals surface area (Å²) in [4.78, 5) is 100. The van der Waals surface area contributed by atoms with E-state index in [1.54, 1.807) is 182 Å². The number of anilines is 7. The van der Waals surface area contributed by atoms with E-state index in [4.69, 9.17) is 50.0 Å². The van der Waals surface area contributed by atoms with Gasteiger partial charge in [0, 0.05) is 97.9 Å². The standard InChI is InChI=1S/2C25H19ClN4O3.C24H18ClN5O2/c2*1-33-23-12-10-19(15-28-23)30-25(32)17-7-5-16(6-8-17)24(31)29-18-9-11-21(26)20(14-18)22-4-2-3-13-27-22;25-20-10-8-17(13-19(20)21-3-1-2-12-27-21)29-23(31)15-4-6-16(7-5-15)24(32)30-18-9-11-22(26)28-14-18/h2*2-15H,1H3,(H,29,31)(H,30,32);1-14H,(H2,26,28)(H,29,31)(H,30,32). The average molecular weight is 1360 g/mol. The van der Waals surface area contributed by atoms with Gasteiger partial charge in [-0.1, -0.05) is 53.0 Å². The first-order valence-corrected chi connectivity index (χ1v) is 30.7. The number of methoxy groups -OCH3 is 2. The second-order valence-electron chi connectivity index (χ2n) is 20.8. The fraction of sp³-hybridized carbons (Fsp3) is 0.0270. The van der Waals surface area contributed by atoms with Gasteiger partial charge in [0.1, 0.15) is 5.82 Å². The highest BCUT2D eigenvalue weighted by atomic mass is 35.5. The number of nitrogens with zero attached hydrogens (tertiary/aromatic N) is 6. The number of nitrogen functional groups attached to an aromatic ring is 1. The lowest BCUT2D eigenvalue weighted by Gasteiger charge is -2.10. The van der Waals surface area contributed by atoms with E-state index in [0.29, 0.717) is 123 Å². The van der Waals surface area contributed by atoms with Crippen LogP contribution in [0.25, 0.3) is 33.8 Å². The molecule has 98 heavy (non-hydrogen) atoms. The summed E-state index contributed by atoms with van der Waals surface area (Å²) in [5, 5.41) is 18.4. The van der Waals surface area contributed by atoms with Crippen LogP contribution in [0.2, 0.25) is 15.1 Å². The van der Waals surface area contributed by atoms with Crippen molar-refractivity contribution in [3.05, 3.63) is 304 Å². The molecule has 486 valence electrons. The highest BCUT2D eigenvalue weighted by molar-refractivity contribution is 6.34. The Morgan fingerprint density at radius 2 is 0.561 bits per heavy atom. The Labute approximate surface area is 576 Å². The lowest BCUT2D eigenvalue weighted by Crippen LogP contribution is -2.14. The van der Waals surface area contributed by atoms with Gasteiger partial charge in [0.15, 0.2) is 0 Å². The SMILES string of the molecule is COc1ccc(NC(=O)c2ccc(C(=O)Nc3ccc(Cl)c(-c4ccccn4)c3)cc2)cn1.COc1ccc(NC(=O)c2ccc(C(=O)Nc3ccc(Cl)c(-c4ccccn4)c3)cc2)cn1.Nc1ccc(NC(=O)c2ccc(C(=O)Nc3ccc(Cl)c(-c4ccccn4)c3)cc2)cn1. The van der Waals surface area contributed by atoms with Gasteiger partial charge in [-0.05, 0) is 188 Å². The van der Waals surface area contributed by atoms with Crippen molar-refractivity contribution in [1.82, 2.24) is 29.9 Å². The third-order valence-electron chi connectivity index (χ3n) is 14.2. The Morgan fingerprint density at radius 1 is 0.306 bits per heavy atom. The molecule has 0 fully saturated rings. The maximum atomic E-state index is 12.7. The summed E-state index contributed by atoms with van der Waals surface area (Å²) in [5.74, 6) is -0.599.